The van der Waals surface area contributed by atoms with Gasteiger partial charge in [0.25, 0.3) is 0 Å². The molecule has 20 heavy (non-hydrogen) atoms. The van der Waals surface area contributed by atoms with Crippen LogP contribution in [-0.2, 0) is 11.2 Å². The van der Waals surface area contributed by atoms with Crippen LogP contribution in [0.15, 0.2) is 30.6 Å². The number of benzene rings is 1. The predicted molar refractivity (Wildman–Crippen MR) is 72.1 cm³/mol. The second-order valence-corrected chi connectivity index (χ2v) is 4.92. The molecule has 1 amide bonds. The Bertz CT molecular complexity index is 597. The number of rotatable bonds is 3. The van der Waals surface area contributed by atoms with E-state index in [4.69, 9.17) is 4.74 Å². The van der Waals surface area contributed by atoms with Gasteiger partial charge in [0.05, 0.1) is 12.0 Å². The normalized spacial score (nSPS) is 18.8. The van der Waals surface area contributed by atoms with Gasteiger partial charge in [-0.2, -0.15) is 5.10 Å². The van der Waals surface area contributed by atoms with Crippen molar-refractivity contribution in [1.29, 1.82) is 0 Å². The van der Waals surface area contributed by atoms with Crippen molar-refractivity contribution in [2.75, 3.05) is 6.61 Å². The van der Waals surface area contributed by atoms with Gasteiger partial charge in [0.1, 0.15) is 24.5 Å². The number of nitrogens with one attached hydrogen (secondary N) is 2. The smallest absolute Gasteiger partial charge is 0.227 e. The van der Waals surface area contributed by atoms with E-state index in [1.807, 2.05) is 31.2 Å². The summed E-state index contributed by atoms with van der Waals surface area (Å²) in [6.07, 6.45) is 2.13. The molecule has 0 saturated carbocycles. The highest BCUT2D eigenvalue weighted by Gasteiger charge is 2.27. The lowest BCUT2D eigenvalue weighted by molar-refractivity contribution is -0.127. The summed E-state index contributed by atoms with van der Waals surface area (Å²) in [6, 6.07) is 7.63. The largest absolute Gasteiger partial charge is 0.492 e. The Morgan fingerprint density at radius 1 is 1.50 bits per heavy atom. The molecule has 1 aliphatic rings. The number of aromatic nitrogens is 3. The molecule has 6 nitrogen and oxygen atoms in total. The molecule has 6 heteroatoms. The molecule has 2 N–H and O–H groups in total. The minimum absolute atomic E-state index is 0.0246. The Morgan fingerprint density at radius 2 is 2.35 bits per heavy atom. The quantitative estimate of drug-likeness (QED) is 0.880. The van der Waals surface area contributed by atoms with Gasteiger partial charge in [0.15, 0.2) is 0 Å². The van der Waals surface area contributed by atoms with Gasteiger partial charge in [-0.1, -0.05) is 18.2 Å². The lowest BCUT2D eigenvalue weighted by atomic mass is 9.96. The van der Waals surface area contributed by atoms with E-state index in [2.05, 4.69) is 20.5 Å². The SMILES string of the molecule is CC(NC(=O)C1COc2ccccc2C1)c1ncn[nH]1. The first-order valence-electron chi connectivity index (χ1n) is 6.60. The third-order valence-electron chi connectivity index (χ3n) is 3.45. The van der Waals surface area contributed by atoms with E-state index in [9.17, 15) is 4.79 Å². The molecule has 1 aromatic carbocycles. The summed E-state index contributed by atoms with van der Waals surface area (Å²) in [4.78, 5) is 16.3. The zero-order valence-corrected chi connectivity index (χ0v) is 11.2. The Hall–Kier alpha value is -2.37. The first kappa shape index (κ1) is 12.7. The van der Waals surface area contributed by atoms with Crippen molar-refractivity contribution in [3.63, 3.8) is 0 Å². The number of hydrogen-bond acceptors (Lipinski definition) is 4. The fourth-order valence-electron chi connectivity index (χ4n) is 2.32. The number of ether oxygens (including phenoxy) is 1. The van der Waals surface area contributed by atoms with Crippen molar-refractivity contribution in [2.24, 2.45) is 5.92 Å². The van der Waals surface area contributed by atoms with Crippen LogP contribution in [0.25, 0.3) is 0 Å². The van der Waals surface area contributed by atoms with Gasteiger partial charge >= 0.3 is 0 Å². The molecule has 2 aromatic rings. The molecule has 3 rings (SSSR count). The predicted octanol–water partition coefficient (Wildman–Crippen LogP) is 1.23. The van der Waals surface area contributed by atoms with Crippen LogP contribution < -0.4 is 10.1 Å². The summed E-state index contributed by atoms with van der Waals surface area (Å²) in [6.45, 7) is 2.28. The summed E-state index contributed by atoms with van der Waals surface area (Å²) < 4.78 is 5.63. The van der Waals surface area contributed by atoms with Crippen molar-refractivity contribution >= 4 is 5.91 Å². The molecule has 0 fully saturated rings. The third kappa shape index (κ3) is 2.49. The number of carbonyl (C=O) groups excluding carboxylic acids is 1. The summed E-state index contributed by atoms with van der Waals surface area (Å²) in [5.41, 5.74) is 1.08. The lowest BCUT2D eigenvalue weighted by Gasteiger charge is -2.25. The zero-order valence-electron chi connectivity index (χ0n) is 11.2. The van der Waals surface area contributed by atoms with Gasteiger partial charge in [-0.3, -0.25) is 9.89 Å². The summed E-state index contributed by atoms with van der Waals surface area (Å²) in [5.74, 6) is 1.33. The molecule has 1 aliphatic heterocycles. The van der Waals surface area contributed by atoms with Gasteiger partial charge in [0, 0.05) is 0 Å². The monoisotopic (exact) mass is 272 g/mol. The van der Waals surface area contributed by atoms with Gasteiger partial charge in [-0.15, -0.1) is 0 Å². The molecule has 2 atom stereocenters. The second-order valence-electron chi connectivity index (χ2n) is 4.92. The van der Waals surface area contributed by atoms with Crippen molar-refractivity contribution in [3.8, 4) is 5.75 Å². The summed E-state index contributed by atoms with van der Waals surface area (Å²) in [5, 5.41) is 9.46. The first-order valence-corrected chi connectivity index (χ1v) is 6.60. The van der Waals surface area contributed by atoms with Crippen LogP contribution in [0.2, 0.25) is 0 Å². The minimum atomic E-state index is -0.192. The minimum Gasteiger partial charge on any atom is -0.492 e. The number of amides is 1. The lowest BCUT2D eigenvalue weighted by Crippen LogP contribution is -2.38. The molecule has 2 heterocycles. The summed E-state index contributed by atoms with van der Waals surface area (Å²) >= 11 is 0. The average molecular weight is 272 g/mol. The Labute approximate surface area is 116 Å². The molecule has 0 radical (unpaired) electrons. The van der Waals surface area contributed by atoms with E-state index in [1.165, 1.54) is 6.33 Å². The number of fused-ring (bicyclic) bond motifs is 1. The highest BCUT2D eigenvalue weighted by Crippen LogP contribution is 2.27. The average Bonchev–Trinajstić information content (AvgIpc) is 3.01. The number of H-pyrrole nitrogens is 1. The Balaban J connectivity index is 1.64. The molecule has 104 valence electrons. The van der Waals surface area contributed by atoms with E-state index in [0.717, 1.165) is 11.3 Å². The van der Waals surface area contributed by atoms with Gasteiger partial charge in [-0.05, 0) is 25.0 Å². The molecular weight excluding hydrogens is 256 g/mol. The number of nitrogens with zero attached hydrogens (tertiary/aromatic N) is 2. The molecule has 0 aliphatic carbocycles. The van der Waals surface area contributed by atoms with Crippen LogP contribution in [0.4, 0.5) is 0 Å². The number of hydrogen-bond donors (Lipinski definition) is 2. The number of para-hydroxylation sites is 1. The van der Waals surface area contributed by atoms with Gasteiger partial charge < -0.3 is 10.1 Å². The molecule has 0 saturated heterocycles. The van der Waals surface area contributed by atoms with Crippen molar-refractivity contribution in [1.82, 2.24) is 20.5 Å². The topological polar surface area (TPSA) is 79.9 Å². The summed E-state index contributed by atoms with van der Waals surface area (Å²) in [7, 11) is 0. The van der Waals surface area contributed by atoms with Crippen molar-refractivity contribution in [2.45, 2.75) is 19.4 Å². The molecule has 0 spiro atoms. The van der Waals surface area contributed by atoms with Crippen molar-refractivity contribution in [3.05, 3.63) is 42.0 Å². The Kier molecular flexibility index (Phi) is 3.37. The number of carbonyl (C=O) groups is 1. The van der Waals surface area contributed by atoms with Gasteiger partial charge in [-0.25, -0.2) is 4.98 Å². The fraction of sp³-hybridized carbons (Fsp3) is 0.357. The first-order chi connectivity index (χ1) is 9.74. The van der Waals surface area contributed by atoms with Crippen LogP contribution in [0.1, 0.15) is 24.4 Å². The number of aromatic amines is 1. The van der Waals surface area contributed by atoms with E-state index in [-0.39, 0.29) is 17.9 Å². The third-order valence-corrected chi connectivity index (χ3v) is 3.45. The maximum atomic E-state index is 12.3. The van der Waals surface area contributed by atoms with Crippen LogP contribution in [-0.4, -0.2) is 27.7 Å². The maximum Gasteiger partial charge on any atom is 0.227 e. The molecule has 0 bridgehead atoms. The zero-order chi connectivity index (χ0) is 13.9. The van der Waals surface area contributed by atoms with Crippen LogP contribution >= 0.6 is 0 Å². The van der Waals surface area contributed by atoms with Crippen LogP contribution in [0, 0.1) is 5.92 Å². The van der Waals surface area contributed by atoms with E-state index in [1.54, 1.807) is 0 Å². The second kappa shape index (κ2) is 5.32. The molecule has 2 unspecified atom stereocenters. The van der Waals surface area contributed by atoms with E-state index in [0.29, 0.717) is 18.9 Å². The van der Waals surface area contributed by atoms with E-state index >= 15 is 0 Å². The fourth-order valence-corrected chi connectivity index (χ4v) is 2.32. The van der Waals surface area contributed by atoms with Gasteiger partial charge in [0.2, 0.25) is 5.91 Å². The Morgan fingerprint density at radius 3 is 3.15 bits per heavy atom. The highest BCUT2D eigenvalue weighted by atomic mass is 16.5. The molecule has 1 aromatic heterocycles. The standard InChI is InChI=1S/C14H16N4O2/c1-9(13-15-8-16-18-13)17-14(19)11-6-10-4-2-3-5-12(10)20-7-11/h2-5,8-9,11H,6-7H2,1H3,(H,17,19)(H,15,16,18). The van der Waals surface area contributed by atoms with Crippen molar-refractivity contribution < 1.29 is 9.53 Å². The highest BCUT2D eigenvalue weighted by molar-refractivity contribution is 5.79. The van der Waals surface area contributed by atoms with E-state index < -0.39 is 0 Å². The maximum absolute atomic E-state index is 12.3. The van der Waals surface area contributed by atoms with Crippen LogP contribution in [0.5, 0.6) is 5.75 Å². The van der Waals surface area contributed by atoms with Crippen LogP contribution in [0.3, 0.4) is 0 Å². The molecular formula is C14H16N4O2.